The molecule has 2 N–H and O–H groups in total. The van der Waals surface area contributed by atoms with Gasteiger partial charge in [-0.2, -0.15) is 0 Å². The van der Waals surface area contributed by atoms with Crippen LogP contribution in [0.15, 0.2) is 52.3 Å². The molecular weight excluding hydrogens is 304 g/mol. The largest absolute Gasteiger partial charge is 0.393 e. The van der Waals surface area contributed by atoms with Crippen molar-refractivity contribution >= 4 is 32.8 Å². The maximum atomic E-state index is 12.3. The van der Waals surface area contributed by atoms with Gasteiger partial charge in [-0.25, -0.2) is 8.42 Å². The summed E-state index contributed by atoms with van der Waals surface area (Å²) in [4.78, 5) is 9.88. The fourth-order valence-corrected chi connectivity index (χ4v) is 3.01. The first-order valence-electron chi connectivity index (χ1n) is 5.37. The van der Waals surface area contributed by atoms with Crippen LogP contribution in [0.1, 0.15) is 0 Å². The van der Waals surface area contributed by atoms with Crippen molar-refractivity contribution in [1.29, 1.82) is 0 Å². The zero-order valence-corrected chi connectivity index (χ0v) is 11.6. The van der Waals surface area contributed by atoms with E-state index in [1.54, 1.807) is 0 Å². The zero-order valence-electron chi connectivity index (χ0n) is 9.99. The molecule has 0 heterocycles. The predicted octanol–water partition coefficient (Wildman–Crippen LogP) is 2.66. The van der Waals surface area contributed by atoms with Crippen LogP contribution in [-0.4, -0.2) is 13.3 Å². The number of nitrogen functional groups attached to an aromatic ring is 1. The molecule has 0 aromatic heterocycles. The van der Waals surface area contributed by atoms with E-state index in [4.69, 9.17) is 17.3 Å². The van der Waals surface area contributed by atoms with Gasteiger partial charge in [0.1, 0.15) is 5.69 Å². The second kappa shape index (κ2) is 5.10. The Morgan fingerprint density at radius 3 is 2.15 bits per heavy atom. The van der Waals surface area contributed by atoms with Crippen LogP contribution in [0.5, 0.6) is 0 Å². The molecule has 0 saturated carbocycles. The first kappa shape index (κ1) is 14.3. The molecule has 0 unspecified atom stereocenters. The lowest BCUT2D eigenvalue weighted by molar-refractivity contribution is -0.384. The van der Waals surface area contributed by atoms with Crippen molar-refractivity contribution in [1.82, 2.24) is 0 Å². The minimum atomic E-state index is -3.85. The van der Waals surface area contributed by atoms with Gasteiger partial charge in [-0.1, -0.05) is 11.6 Å². The van der Waals surface area contributed by atoms with Gasteiger partial charge in [0.05, 0.1) is 14.7 Å². The van der Waals surface area contributed by atoms with Crippen LogP contribution in [-0.2, 0) is 9.84 Å². The van der Waals surface area contributed by atoms with Crippen LogP contribution in [0, 0.1) is 10.1 Å². The van der Waals surface area contributed by atoms with Gasteiger partial charge in [0.25, 0.3) is 5.69 Å². The maximum absolute atomic E-state index is 12.3. The lowest BCUT2D eigenvalue weighted by atomic mass is 10.3. The van der Waals surface area contributed by atoms with Crippen molar-refractivity contribution in [3.63, 3.8) is 0 Å². The molecule has 0 aliphatic heterocycles. The van der Waals surface area contributed by atoms with Crippen molar-refractivity contribution < 1.29 is 13.3 Å². The molecule has 2 rings (SSSR count). The van der Waals surface area contributed by atoms with E-state index in [-0.39, 0.29) is 15.5 Å². The molecule has 0 amide bonds. The van der Waals surface area contributed by atoms with Gasteiger partial charge in [-0.15, -0.1) is 0 Å². The van der Waals surface area contributed by atoms with Gasteiger partial charge in [0.15, 0.2) is 0 Å². The minimum absolute atomic E-state index is 0.000898. The highest BCUT2D eigenvalue weighted by molar-refractivity contribution is 7.91. The first-order chi connectivity index (χ1) is 9.32. The Hall–Kier alpha value is -2.12. The Bertz CT molecular complexity index is 773. The molecule has 104 valence electrons. The average molecular weight is 313 g/mol. The molecule has 0 radical (unpaired) electrons. The first-order valence-corrected chi connectivity index (χ1v) is 7.23. The van der Waals surface area contributed by atoms with Gasteiger partial charge >= 0.3 is 0 Å². The van der Waals surface area contributed by atoms with E-state index in [1.165, 1.54) is 36.4 Å². The number of hydrogen-bond donors (Lipinski definition) is 1. The molecular formula is C12H9ClN2O4S. The van der Waals surface area contributed by atoms with Crippen LogP contribution in [0.2, 0.25) is 5.02 Å². The van der Waals surface area contributed by atoms with E-state index in [2.05, 4.69) is 0 Å². The number of sulfone groups is 1. The summed E-state index contributed by atoms with van der Waals surface area (Å²) in [6, 6.07) is 8.90. The topological polar surface area (TPSA) is 103 Å². The van der Waals surface area contributed by atoms with E-state index in [1.807, 2.05) is 0 Å². The molecule has 6 nitrogen and oxygen atoms in total. The Balaban J connectivity index is 2.58. The Kier molecular flexibility index (Phi) is 3.65. The third kappa shape index (κ3) is 2.59. The molecule has 2 aromatic carbocycles. The summed E-state index contributed by atoms with van der Waals surface area (Å²) in [5, 5.41) is 11.2. The number of anilines is 1. The number of nitro groups is 1. The fourth-order valence-electron chi connectivity index (χ4n) is 1.60. The molecule has 0 aliphatic carbocycles. The van der Waals surface area contributed by atoms with E-state index < -0.39 is 20.4 Å². The smallest absolute Gasteiger partial charge is 0.293 e. The molecule has 0 bridgehead atoms. The molecule has 0 fully saturated rings. The number of nitro benzene ring substituents is 1. The molecule has 0 aliphatic rings. The zero-order chi connectivity index (χ0) is 14.9. The van der Waals surface area contributed by atoms with Crippen molar-refractivity contribution in [3.05, 3.63) is 57.6 Å². The lowest BCUT2D eigenvalue weighted by Crippen LogP contribution is -2.04. The number of nitrogens with two attached hydrogens (primary N) is 1. The summed E-state index contributed by atoms with van der Waals surface area (Å²) in [6.07, 6.45) is 0. The highest BCUT2D eigenvalue weighted by Crippen LogP contribution is 2.28. The Morgan fingerprint density at radius 2 is 1.60 bits per heavy atom. The molecule has 0 saturated heterocycles. The predicted molar refractivity (Wildman–Crippen MR) is 74.4 cm³/mol. The van der Waals surface area contributed by atoms with Crippen molar-refractivity contribution in [2.45, 2.75) is 9.79 Å². The van der Waals surface area contributed by atoms with E-state index in [9.17, 15) is 18.5 Å². The summed E-state index contributed by atoms with van der Waals surface area (Å²) < 4.78 is 24.6. The third-order valence-corrected chi connectivity index (χ3v) is 4.65. The van der Waals surface area contributed by atoms with Gasteiger partial charge < -0.3 is 5.73 Å². The summed E-state index contributed by atoms with van der Waals surface area (Å²) >= 11 is 5.69. The number of halogens is 1. The van der Waals surface area contributed by atoms with Crippen molar-refractivity contribution in [2.24, 2.45) is 0 Å². The molecule has 0 atom stereocenters. The molecule has 2 aromatic rings. The highest BCUT2D eigenvalue weighted by atomic mass is 35.5. The minimum Gasteiger partial charge on any atom is -0.393 e. The Labute approximate surface area is 119 Å². The summed E-state index contributed by atoms with van der Waals surface area (Å²) in [5.74, 6) is 0. The standard InChI is InChI=1S/C12H9ClN2O4S/c13-8-1-3-9(4-2-8)20(18,19)10-5-6-11(14)12(7-10)15(16)17/h1-7H,14H2. The van der Waals surface area contributed by atoms with E-state index in [0.29, 0.717) is 5.02 Å². The number of nitrogens with zero attached hydrogens (tertiary/aromatic N) is 1. The summed E-state index contributed by atoms with van der Waals surface area (Å²) in [7, 11) is -3.85. The van der Waals surface area contributed by atoms with Gasteiger partial charge in [-0.3, -0.25) is 10.1 Å². The molecule has 8 heteroatoms. The normalized spacial score (nSPS) is 11.2. The van der Waals surface area contributed by atoms with Crippen molar-refractivity contribution in [2.75, 3.05) is 5.73 Å². The van der Waals surface area contributed by atoms with Crippen LogP contribution < -0.4 is 5.73 Å². The number of rotatable bonds is 3. The lowest BCUT2D eigenvalue weighted by Gasteiger charge is -2.05. The Morgan fingerprint density at radius 1 is 1.05 bits per heavy atom. The van der Waals surface area contributed by atoms with Crippen LogP contribution in [0.25, 0.3) is 0 Å². The van der Waals surface area contributed by atoms with E-state index >= 15 is 0 Å². The average Bonchev–Trinajstić information content (AvgIpc) is 2.39. The second-order valence-corrected chi connectivity index (χ2v) is 6.32. The monoisotopic (exact) mass is 312 g/mol. The highest BCUT2D eigenvalue weighted by Gasteiger charge is 2.22. The van der Waals surface area contributed by atoms with Crippen LogP contribution in [0.3, 0.4) is 0 Å². The second-order valence-electron chi connectivity index (χ2n) is 3.94. The summed E-state index contributed by atoms with van der Waals surface area (Å²) in [5.41, 5.74) is 4.90. The fraction of sp³-hybridized carbons (Fsp3) is 0. The van der Waals surface area contributed by atoms with Crippen molar-refractivity contribution in [3.8, 4) is 0 Å². The third-order valence-electron chi connectivity index (χ3n) is 2.63. The SMILES string of the molecule is Nc1ccc(S(=O)(=O)c2ccc(Cl)cc2)cc1[N+](=O)[O-]. The van der Waals surface area contributed by atoms with Gasteiger partial charge in [-0.05, 0) is 36.4 Å². The van der Waals surface area contributed by atoms with Gasteiger partial charge in [0, 0.05) is 11.1 Å². The number of hydrogen-bond acceptors (Lipinski definition) is 5. The van der Waals surface area contributed by atoms with Gasteiger partial charge in [0.2, 0.25) is 9.84 Å². The van der Waals surface area contributed by atoms with Crippen LogP contribution in [0.4, 0.5) is 11.4 Å². The number of benzene rings is 2. The maximum Gasteiger partial charge on any atom is 0.293 e. The molecule has 0 spiro atoms. The quantitative estimate of drug-likeness (QED) is 0.533. The molecule has 20 heavy (non-hydrogen) atoms. The summed E-state index contributed by atoms with van der Waals surface area (Å²) in [6.45, 7) is 0. The van der Waals surface area contributed by atoms with E-state index in [0.717, 1.165) is 6.07 Å². The van der Waals surface area contributed by atoms with Crippen LogP contribution >= 0.6 is 11.6 Å².